The van der Waals surface area contributed by atoms with Gasteiger partial charge in [-0.2, -0.15) is 0 Å². The molecule has 0 atom stereocenters. The van der Waals surface area contributed by atoms with Crippen LogP contribution in [0.2, 0.25) is 0 Å². The van der Waals surface area contributed by atoms with Crippen LogP contribution < -0.4 is 10.5 Å². The van der Waals surface area contributed by atoms with Gasteiger partial charge in [0.05, 0.1) is 0 Å². The van der Waals surface area contributed by atoms with Crippen LogP contribution in [0.3, 0.4) is 0 Å². The van der Waals surface area contributed by atoms with Crippen molar-refractivity contribution in [3.05, 3.63) is 29.3 Å². The van der Waals surface area contributed by atoms with E-state index in [4.69, 9.17) is 10.5 Å². The van der Waals surface area contributed by atoms with Crippen LogP contribution in [0, 0.1) is 0 Å². The Kier molecular flexibility index (Phi) is 4.47. The van der Waals surface area contributed by atoms with E-state index in [1.807, 2.05) is 0 Å². The molecule has 0 saturated heterocycles. The van der Waals surface area contributed by atoms with Crippen molar-refractivity contribution in [1.29, 1.82) is 0 Å². The second kappa shape index (κ2) is 5.66. The zero-order valence-electron chi connectivity index (χ0n) is 9.05. The summed E-state index contributed by atoms with van der Waals surface area (Å²) in [7, 11) is 0. The molecular weight excluding hydrogens is 174 g/mol. The van der Waals surface area contributed by atoms with E-state index in [1.165, 1.54) is 11.1 Å². The van der Waals surface area contributed by atoms with Gasteiger partial charge in [-0.15, -0.1) is 0 Å². The molecule has 78 valence electrons. The topological polar surface area (TPSA) is 35.2 Å². The van der Waals surface area contributed by atoms with Gasteiger partial charge in [0.25, 0.3) is 0 Å². The summed E-state index contributed by atoms with van der Waals surface area (Å²) in [6.45, 7) is 5.46. The average Bonchev–Trinajstić information content (AvgIpc) is 2.25. The van der Waals surface area contributed by atoms with Crippen LogP contribution >= 0.6 is 0 Å². The fourth-order valence-corrected chi connectivity index (χ4v) is 1.54. The Morgan fingerprint density at radius 3 is 2.14 bits per heavy atom. The Labute approximate surface area is 86.1 Å². The minimum absolute atomic E-state index is 0.571. The molecule has 0 spiro atoms. The molecule has 2 N–H and O–H groups in total. The zero-order valence-corrected chi connectivity index (χ0v) is 9.05. The molecule has 1 aromatic rings. The van der Waals surface area contributed by atoms with Crippen molar-refractivity contribution in [3.63, 3.8) is 0 Å². The Hall–Kier alpha value is -1.02. The van der Waals surface area contributed by atoms with Crippen molar-refractivity contribution in [2.75, 3.05) is 13.2 Å². The molecule has 0 radical (unpaired) electrons. The van der Waals surface area contributed by atoms with Gasteiger partial charge in [0.1, 0.15) is 12.4 Å². The molecule has 1 aromatic carbocycles. The van der Waals surface area contributed by atoms with Crippen LogP contribution in [0.5, 0.6) is 5.75 Å². The highest BCUT2D eigenvalue weighted by atomic mass is 16.5. The molecular formula is C12H19NO. The van der Waals surface area contributed by atoms with Gasteiger partial charge in [-0.25, -0.2) is 0 Å². The second-order valence-electron chi connectivity index (χ2n) is 3.25. The quantitative estimate of drug-likeness (QED) is 0.777. The molecule has 0 fully saturated rings. The summed E-state index contributed by atoms with van der Waals surface area (Å²) in [4.78, 5) is 0. The van der Waals surface area contributed by atoms with Crippen molar-refractivity contribution in [2.24, 2.45) is 5.73 Å². The number of nitrogens with two attached hydrogens (primary N) is 1. The van der Waals surface area contributed by atoms with E-state index in [-0.39, 0.29) is 0 Å². The van der Waals surface area contributed by atoms with E-state index >= 15 is 0 Å². The fraction of sp³-hybridized carbons (Fsp3) is 0.500. The summed E-state index contributed by atoms with van der Waals surface area (Å²) < 4.78 is 5.67. The van der Waals surface area contributed by atoms with Crippen LogP contribution in [-0.2, 0) is 12.8 Å². The van der Waals surface area contributed by atoms with E-state index in [0.29, 0.717) is 13.2 Å². The van der Waals surface area contributed by atoms with Gasteiger partial charge in [-0.3, -0.25) is 0 Å². The van der Waals surface area contributed by atoms with Crippen LogP contribution in [0.1, 0.15) is 25.0 Å². The minimum atomic E-state index is 0.571. The van der Waals surface area contributed by atoms with Crippen LogP contribution in [0.15, 0.2) is 18.2 Å². The number of hydrogen-bond acceptors (Lipinski definition) is 2. The third-order valence-electron chi connectivity index (χ3n) is 2.30. The molecule has 0 aliphatic carbocycles. The molecule has 14 heavy (non-hydrogen) atoms. The van der Waals surface area contributed by atoms with E-state index in [2.05, 4.69) is 32.0 Å². The summed E-state index contributed by atoms with van der Waals surface area (Å²) in [6.07, 6.45) is 2.02. The van der Waals surface area contributed by atoms with Crippen molar-refractivity contribution in [3.8, 4) is 5.75 Å². The number of hydrogen-bond donors (Lipinski definition) is 1. The minimum Gasteiger partial charge on any atom is -0.492 e. The number of para-hydroxylation sites is 1. The Morgan fingerprint density at radius 2 is 1.71 bits per heavy atom. The Morgan fingerprint density at radius 1 is 1.14 bits per heavy atom. The molecule has 0 aliphatic heterocycles. The lowest BCUT2D eigenvalue weighted by molar-refractivity contribution is 0.322. The highest BCUT2D eigenvalue weighted by Gasteiger charge is 2.06. The lowest BCUT2D eigenvalue weighted by Crippen LogP contribution is -2.12. The molecule has 1 rings (SSSR count). The number of benzene rings is 1. The zero-order chi connectivity index (χ0) is 10.4. The first kappa shape index (κ1) is 11.1. The van der Waals surface area contributed by atoms with E-state index < -0.39 is 0 Å². The van der Waals surface area contributed by atoms with Gasteiger partial charge in [0, 0.05) is 6.54 Å². The van der Waals surface area contributed by atoms with Gasteiger partial charge >= 0.3 is 0 Å². The molecule has 2 nitrogen and oxygen atoms in total. The monoisotopic (exact) mass is 193 g/mol. The second-order valence-corrected chi connectivity index (χ2v) is 3.25. The lowest BCUT2D eigenvalue weighted by Gasteiger charge is -2.13. The lowest BCUT2D eigenvalue weighted by atomic mass is 10.1. The van der Waals surface area contributed by atoms with Crippen LogP contribution in [-0.4, -0.2) is 13.2 Å². The summed E-state index contributed by atoms with van der Waals surface area (Å²) in [5.74, 6) is 1.04. The standard InChI is InChI=1S/C12H19NO/c1-3-10-6-5-7-11(4-2)12(10)14-9-8-13/h5-7H,3-4,8-9,13H2,1-2H3. The molecule has 0 aliphatic rings. The summed E-state index contributed by atoms with van der Waals surface area (Å²) in [6, 6.07) is 6.32. The highest BCUT2D eigenvalue weighted by Crippen LogP contribution is 2.24. The highest BCUT2D eigenvalue weighted by molar-refractivity contribution is 5.41. The van der Waals surface area contributed by atoms with Gasteiger partial charge in [-0.1, -0.05) is 32.0 Å². The smallest absolute Gasteiger partial charge is 0.125 e. The maximum absolute atomic E-state index is 5.67. The maximum atomic E-state index is 5.67. The predicted molar refractivity (Wildman–Crippen MR) is 59.7 cm³/mol. The van der Waals surface area contributed by atoms with Gasteiger partial charge < -0.3 is 10.5 Å². The molecule has 0 unspecified atom stereocenters. The molecule has 0 amide bonds. The first-order chi connectivity index (χ1) is 6.83. The Bertz CT molecular complexity index is 261. The Balaban J connectivity index is 2.93. The maximum Gasteiger partial charge on any atom is 0.125 e. The van der Waals surface area contributed by atoms with Gasteiger partial charge in [0.15, 0.2) is 0 Å². The van der Waals surface area contributed by atoms with E-state index in [1.54, 1.807) is 0 Å². The largest absolute Gasteiger partial charge is 0.492 e. The normalized spacial score (nSPS) is 10.2. The number of aryl methyl sites for hydroxylation is 2. The summed E-state index contributed by atoms with van der Waals surface area (Å²) >= 11 is 0. The van der Waals surface area contributed by atoms with Gasteiger partial charge in [0.2, 0.25) is 0 Å². The van der Waals surface area contributed by atoms with Crippen molar-refractivity contribution >= 4 is 0 Å². The van der Waals surface area contributed by atoms with Crippen molar-refractivity contribution < 1.29 is 4.74 Å². The van der Waals surface area contributed by atoms with Crippen LogP contribution in [0.25, 0.3) is 0 Å². The average molecular weight is 193 g/mol. The number of ether oxygens (including phenoxy) is 1. The number of rotatable bonds is 5. The molecule has 2 heteroatoms. The third-order valence-corrected chi connectivity index (χ3v) is 2.30. The first-order valence-electron chi connectivity index (χ1n) is 5.27. The van der Waals surface area contributed by atoms with Crippen LogP contribution in [0.4, 0.5) is 0 Å². The van der Waals surface area contributed by atoms with Crippen molar-refractivity contribution in [1.82, 2.24) is 0 Å². The third kappa shape index (κ3) is 2.48. The molecule has 0 bridgehead atoms. The molecule has 0 saturated carbocycles. The van der Waals surface area contributed by atoms with Crippen molar-refractivity contribution in [2.45, 2.75) is 26.7 Å². The van der Waals surface area contributed by atoms with E-state index in [9.17, 15) is 0 Å². The fourth-order valence-electron chi connectivity index (χ4n) is 1.54. The molecule has 0 aromatic heterocycles. The predicted octanol–water partition coefficient (Wildman–Crippen LogP) is 2.15. The first-order valence-corrected chi connectivity index (χ1v) is 5.27. The van der Waals surface area contributed by atoms with E-state index in [0.717, 1.165) is 18.6 Å². The molecule has 0 heterocycles. The van der Waals surface area contributed by atoms with Gasteiger partial charge in [-0.05, 0) is 24.0 Å². The SMILES string of the molecule is CCc1cccc(CC)c1OCCN. The summed E-state index contributed by atoms with van der Waals surface area (Å²) in [5, 5.41) is 0. The summed E-state index contributed by atoms with van der Waals surface area (Å²) in [5.41, 5.74) is 7.99.